The summed E-state index contributed by atoms with van der Waals surface area (Å²) in [6, 6.07) is 6.21. The van der Waals surface area contributed by atoms with Gasteiger partial charge < -0.3 is 10.2 Å². The molecule has 0 aliphatic heterocycles. The summed E-state index contributed by atoms with van der Waals surface area (Å²) in [5.74, 6) is -0.591. The number of rotatable bonds is 5. The minimum absolute atomic E-state index is 0.111. The van der Waals surface area contributed by atoms with Crippen molar-refractivity contribution in [1.29, 1.82) is 0 Å². The number of carbonyl (C=O) groups excluding carboxylic acids is 1. The molecule has 0 spiro atoms. The number of thiophene rings is 1. The molecule has 2 rings (SSSR count). The van der Waals surface area contributed by atoms with Crippen LogP contribution in [-0.4, -0.2) is 31.4 Å². The molecule has 0 aliphatic rings. The Balaban J connectivity index is 2.05. The molecule has 1 heterocycles. The van der Waals surface area contributed by atoms with E-state index in [1.807, 2.05) is 19.5 Å². The fraction of sp³-hybridized carbons (Fsp3) is 0.267. The lowest BCUT2D eigenvalue weighted by atomic mass is 10.1. The van der Waals surface area contributed by atoms with E-state index in [9.17, 15) is 9.18 Å². The first kappa shape index (κ1) is 16.1. The highest BCUT2D eigenvalue weighted by Crippen LogP contribution is 2.21. The van der Waals surface area contributed by atoms with Gasteiger partial charge in [-0.3, -0.25) is 4.79 Å². The smallest absolute Gasteiger partial charge is 0.252 e. The third-order valence-electron chi connectivity index (χ3n) is 3.18. The molecule has 1 amide bonds. The monoisotopic (exact) mass is 370 g/mol. The second-order valence-corrected chi connectivity index (χ2v) is 6.50. The van der Waals surface area contributed by atoms with Crippen LogP contribution in [0, 0.1) is 5.82 Å². The molecular weight excluding hydrogens is 355 g/mol. The zero-order chi connectivity index (χ0) is 15.4. The van der Waals surface area contributed by atoms with E-state index in [0.717, 1.165) is 0 Å². The molecule has 0 saturated carbocycles. The van der Waals surface area contributed by atoms with Gasteiger partial charge in [0.15, 0.2) is 0 Å². The van der Waals surface area contributed by atoms with Gasteiger partial charge in [0.2, 0.25) is 0 Å². The van der Waals surface area contributed by atoms with Crippen LogP contribution in [-0.2, 0) is 0 Å². The number of likely N-dealkylation sites (N-methyl/N-ethyl adjacent to an activating group) is 1. The Hall–Kier alpha value is -1.24. The number of hydrogen-bond acceptors (Lipinski definition) is 3. The normalized spacial score (nSPS) is 12.4. The van der Waals surface area contributed by atoms with E-state index in [4.69, 9.17) is 0 Å². The summed E-state index contributed by atoms with van der Waals surface area (Å²) in [5, 5.41) is 6.99. The van der Waals surface area contributed by atoms with Gasteiger partial charge in [-0.25, -0.2) is 4.39 Å². The van der Waals surface area contributed by atoms with Gasteiger partial charge in [-0.1, -0.05) is 0 Å². The molecule has 0 radical (unpaired) electrons. The number of hydrogen-bond donors (Lipinski definition) is 1. The van der Waals surface area contributed by atoms with Crippen LogP contribution in [0.4, 0.5) is 4.39 Å². The second-order valence-electron chi connectivity index (χ2n) is 4.87. The first-order valence-electron chi connectivity index (χ1n) is 6.41. The molecular formula is C15H16BrFN2OS. The molecule has 21 heavy (non-hydrogen) atoms. The lowest BCUT2D eigenvalue weighted by Gasteiger charge is -2.24. The van der Waals surface area contributed by atoms with Crippen LogP contribution in [0.25, 0.3) is 0 Å². The maximum absolute atomic E-state index is 13.0. The number of nitrogens with zero attached hydrogens (tertiary/aromatic N) is 1. The van der Waals surface area contributed by atoms with Crippen LogP contribution in [0.3, 0.4) is 0 Å². The van der Waals surface area contributed by atoms with E-state index in [1.165, 1.54) is 23.8 Å². The summed E-state index contributed by atoms with van der Waals surface area (Å²) < 4.78 is 13.5. The van der Waals surface area contributed by atoms with Gasteiger partial charge in [-0.05, 0) is 70.6 Å². The van der Waals surface area contributed by atoms with Crippen LogP contribution >= 0.6 is 27.3 Å². The molecule has 0 bridgehead atoms. The van der Waals surface area contributed by atoms with Crippen LogP contribution in [0.15, 0.2) is 39.5 Å². The maximum atomic E-state index is 13.0. The molecule has 112 valence electrons. The summed E-state index contributed by atoms with van der Waals surface area (Å²) in [5.41, 5.74) is 1.60. The summed E-state index contributed by atoms with van der Waals surface area (Å²) >= 11 is 4.84. The van der Waals surface area contributed by atoms with E-state index in [2.05, 4.69) is 37.6 Å². The Morgan fingerprint density at radius 1 is 1.43 bits per heavy atom. The Kier molecular flexibility index (Phi) is 5.50. The van der Waals surface area contributed by atoms with Crippen LogP contribution in [0.1, 0.15) is 22.0 Å². The predicted octanol–water partition coefficient (Wildman–Crippen LogP) is 3.68. The standard InChI is InChI=1S/C15H16BrFN2OS/c1-19(2)14(10-5-6-21-9-10)8-18-15(20)12-4-3-11(17)7-13(12)16/h3-7,9,14H,8H2,1-2H3,(H,18,20)/t14-/m1/s1. The van der Waals surface area contributed by atoms with Gasteiger partial charge in [0.25, 0.3) is 5.91 Å². The van der Waals surface area contributed by atoms with Gasteiger partial charge in [-0.15, -0.1) is 0 Å². The van der Waals surface area contributed by atoms with Crippen LogP contribution in [0.5, 0.6) is 0 Å². The van der Waals surface area contributed by atoms with Crippen LogP contribution < -0.4 is 5.32 Å². The fourth-order valence-corrected chi connectivity index (χ4v) is 3.26. The number of halogens is 2. The van der Waals surface area contributed by atoms with E-state index in [1.54, 1.807) is 11.3 Å². The summed E-state index contributed by atoms with van der Waals surface area (Å²) in [7, 11) is 3.95. The van der Waals surface area contributed by atoms with Crippen molar-refractivity contribution in [3.8, 4) is 0 Å². The highest BCUT2D eigenvalue weighted by molar-refractivity contribution is 9.10. The SMILES string of the molecule is CN(C)[C@H](CNC(=O)c1ccc(F)cc1Br)c1ccsc1. The molecule has 0 unspecified atom stereocenters. The number of amides is 1. The topological polar surface area (TPSA) is 32.3 Å². The molecule has 1 atom stereocenters. The molecule has 6 heteroatoms. The molecule has 3 nitrogen and oxygen atoms in total. The minimum Gasteiger partial charge on any atom is -0.350 e. The molecule has 0 saturated heterocycles. The van der Waals surface area contributed by atoms with Crippen molar-refractivity contribution in [2.24, 2.45) is 0 Å². The average molecular weight is 371 g/mol. The van der Waals surface area contributed by atoms with Crippen molar-refractivity contribution >= 4 is 33.2 Å². The Bertz CT molecular complexity index is 616. The van der Waals surface area contributed by atoms with Crippen molar-refractivity contribution in [2.75, 3.05) is 20.6 Å². The molecule has 1 aromatic heterocycles. The van der Waals surface area contributed by atoms with Gasteiger partial charge in [0, 0.05) is 11.0 Å². The highest BCUT2D eigenvalue weighted by Gasteiger charge is 2.17. The average Bonchev–Trinajstić information content (AvgIpc) is 2.92. The molecule has 0 fully saturated rings. The zero-order valence-electron chi connectivity index (χ0n) is 11.8. The minimum atomic E-state index is -0.372. The third kappa shape index (κ3) is 4.12. The van der Waals surface area contributed by atoms with Gasteiger partial charge in [0.05, 0.1) is 11.6 Å². The zero-order valence-corrected chi connectivity index (χ0v) is 14.2. The molecule has 1 N–H and O–H groups in total. The van der Waals surface area contributed by atoms with E-state index < -0.39 is 0 Å². The maximum Gasteiger partial charge on any atom is 0.252 e. The summed E-state index contributed by atoms with van der Waals surface area (Å²) in [6.07, 6.45) is 0. The quantitative estimate of drug-likeness (QED) is 0.870. The molecule has 1 aromatic carbocycles. The Morgan fingerprint density at radius 3 is 2.76 bits per heavy atom. The summed E-state index contributed by atoms with van der Waals surface area (Å²) in [6.45, 7) is 0.492. The highest BCUT2D eigenvalue weighted by atomic mass is 79.9. The Labute approximate surface area is 135 Å². The predicted molar refractivity (Wildman–Crippen MR) is 87.2 cm³/mol. The van der Waals surface area contributed by atoms with Gasteiger partial charge >= 0.3 is 0 Å². The van der Waals surface area contributed by atoms with E-state index in [0.29, 0.717) is 16.6 Å². The van der Waals surface area contributed by atoms with Crippen LogP contribution in [0.2, 0.25) is 0 Å². The summed E-state index contributed by atoms with van der Waals surface area (Å²) in [4.78, 5) is 14.3. The number of benzene rings is 1. The number of carbonyl (C=O) groups is 1. The largest absolute Gasteiger partial charge is 0.350 e. The van der Waals surface area contributed by atoms with Crippen molar-refractivity contribution in [2.45, 2.75) is 6.04 Å². The lowest BCUT2D eigenvalue weighted by Crippen LogP contribution is -2.34. The Morgan fingerprint density at radius 2 is 2.19 bits per heavy atom. The fourth-order valence-electron chi connectivity index (χ4n) is 2.02. The second kappa shape index (κ2) is 7.15. The van der Waals surface area contributed by atoms with Crippen molar-refractivity contribution < 1.29 is 9.18 Å². The molecule has 0 aliphatic carbocycles. The van der Waals surface area contributed by atoms with Gasteiger partial charge in [-0.2, -0.15) is 11.3 Å². The first-order valence-corrected chi connectivity index (χ1v) is 8.14. The third-order valence-corrected chi connectivity index (χ3v) is 4.54. The number of nitrogens with one attached hydrogen (secondary N) is 1. The van der Waals surface area contributed by atoms with E-state index in [-0.39, 0.29) is 17.8 Å². The van der Waals surface area contributed by atoms with E-state index >= 15 is 0 Å². The lowest BCUT2D eigenvalue weighted by molar-refractivity contribution is 0.0941. The molecule has 2 aromatic rings. The van der Waals surface area contributed by atoms with Crippen molar-refractivity contribution in [1.82, 2.24) is 10.2 Å². The van der Waals surface area contributed by atoms with Crippen molar-refractivity contribution in [3.05, 3.63) is 56.4 Å². The van der Waals surface area contributed by atoms with Gasteiger partial charge in [0.1, 0.15) is 5.82 Å². The first-order chi connectivity index (χ1) is 9.99. The van der Waals surface area contributed by atoms with Crippen molar-refractivity contribution in [3.63, 3.8) is 0 Å².